The average Bonchev–Trinajstić information content (AvgIpc) is 2.34. The molecule has 0 bridgehead atoms. The van der Waals surface area contributed by atoms with Gasteiger partial charge in [-0.25, -0.2) is 4.98 Å². The lowest BCUT2D eigenvalue weighted by Gasteiger charge is -2.10. The van der Waals surface area contributed by atoms with Crippen molar-refractivity contribution in [3.63, 3.8) is 0 Å². The van der Waals surface area contributed by atoms with Crippen LogP contribution in [-0.2, 0) is 6.54 Å². The molecule has 0 N–H and O–H groups in total. The molecule has 1 heterocycles. The SMILES string of the molecule is Cc1nc(Cl)cc(=O)n1Cc1ccc(C(C)C)cc1. The fourth-order valence-electron chi connectivity index (χ4n) is 1.97. The number of halogens is 1. The summed E-state index contributed by atoms with van der Waals surface area (Å²) in [5.41, 5.74) is 2.26. The Balaban J connectivity index is 2.29. The Hall–Kier alpha value is -1.61. The summed E-state index contributed by atoms with van der Waals surface area (Å²) in [5.74, 6) is 1.14. The van der Waals surface area contributed by atoms with Crippen LogP contribution in [0.25, 0.3) is 0 Å². The second-order valence-electron chi connectivity index (χ2n) is 4.95. The van der Waals surface area contributed by atoms with Crippen LogP contribution < -0.4 is 5.56 Å². The van der Waals surface area contributed by atoms with E-state index in [1.165, 1.54) is 11.6 Å². The Bertz CT molecular complexity index is 630. The number of aryl methyl sites for hydroxylation is 1. The Morgan fingerprint density at radius 2 is 1.89 bits per heavy atom. The van der Waals surface area contributed by atoms with Crippen molar-refractivity contribution < 1.29 is 0 Å². The summed E-state index contributed by atoms with van der Waals surface area (Å²) in [5, 5.41) is 0.244. The molecule has 0 aliphatic rings. The Morgan fingerprint density at radius 3 is 2.42 bits per heavy atom. The van der Waals surface area contributed by atoms with Gasteiger partial charge in [-0.1, -0.05) is 49.7 Å². The third-order valence-corrected chi connectivity index (χ3v) is 3.35. The molecular formula is C15H17ClN2O. The van der Waals surface area contributed by atoms with Crippen LogP contribution in [0.4, 0.5) is 0 Å². The molecule has 0 amide bonds. The van der Waals surface area contributed by atoms with Crippen molar-refractivity contribution in [2.45, 2.75) is 33.2 Å². The molecule has 2 rings (SSSR count). The minimum Gasteiger partial charge on any atom is -0.292 e. The molecule has 100 valence electrons. The first-order valence-corrected chi connectivity index (χ1v) is 6.68. The van der Waals surface area contributed by atoms with Crippen molar-refractivity contribution in [3.05, 3.63) is 62.8 Å². The van der Waals surface area contributed by atoms with E-state index in [0.717, 1.165) is 5.56 Å². The summed E-state index contributed by atoms with van der Waals surface area (Å²) < 4.78 is 1.62. The molecular weight excluding hydrogens is 260 g/mol. The predicted molar refractivity (Wildman–Crippen MR) is 77.9 cm³/mol. The molecule has 0 saturated heterocycles. The maximum Gasteiger partial charge on any atom is 0.255 e. The zero-order valence-electron chi connectivity index (χ0n) is 11.4. The van der Waals surface area contributed by atoms with Gasteiger partial charge in [0, 0.05) is 6.07 Å². The molecule has 0 aliphatic carbocycles. The fraction of sp³-hybridized carbons (Fsp3) is 0.333. The summed E-state index contributed by atoms with van der Waals surface area (Å²) in [6.45, 7) is 6.63. The smallest absolute Gasteiger partial charge is 0.255 e. The van der Waals surface area contributed by atoms with Crippen molar-refractivity contribution in [2.24, 2.45) is 0 Å². The molecule has 0 aliphatic heterocycles. The van der Waals surface area contributed by atoms with E-state index in [2.05, 4.69) is 43.1 Å². The maximum atomic E-state index is 11.9. The van der Waals surface area contributed by atoms with Gasteiger partial charge >= 0.3 is 0 Å². The highest BCUT2D eigenvalue weighted by Gasteiger charge is 2.05. The van der Waals surface area contributed by atoms with Gasteiger partial charge in [-0.3, -0.25) is 9.36 Å². The topological polar surface area (TPSA) is 34.9 Å². The normalized spacial score (nSPS) is 11.0. The summed E-state index contributed by atoms with van der Waals surface area (Å²) in [6, 6.07) is 9.65. The molecule has 0 unspecified atom stereocenters. The van der Waals surface area contributed by atoms with Gasteiger partial charge in [0.25, 0.3) is 5.56 Å². The first-order valence-electron chi connectivity index (χ1n) is 6.30. The second-order valence-corrected chi connectivity index (χ2v) is 5.33. The molecule has 0 fully saturated rings. The highest BCUT2D eigenvalue weighted by atomic mass is 35.5. The molecule has 0 atom stereocenters. The second kappa shape index (κ2) is 5.57. The molecule has 0 radical (unpaired) electrons. The number of aromatic nitrogens is 2. The monoisotopic (exact) mass is 276 g/mol. The molecule has 3 nitrogen and oxygen atoms in total. The van der Waals surface area contributed by atoms with Crippen LogP contribution >= 0.6 is 11.6 Å². The summed E-state index contributed by atoms with van der Waals surface area (Å²) in [7, 11) is 0. The van der Waals surface area contributed by atoms with Gasteiger partial charge in [0.1, 0.15) is 11.0 Å². The van der Waals surface area contributed by atoms with E-state index in [4.69, 9.17) is 11.6 Å². The average molecular weight is 277 g/mol. The van der Waals surface area contributed by atoms with Gasteiger partial charge in [-0.15, -0.1) is 0 Å². The number of benzene rings is 1. The first kappa shape index (κ1) is 13.8. The largest absolute Gasteiger partial charge is 0.292 e. The molecule has 2 aromatic rings. The van der Waals surface area contributed by atoms with Gasteiger partial charge in [0.2, 0.25) is 0 Å². The van der Waals surface area contributed by atoms with E-state index >= 15 is 0 Å². The van der Waals surface area contributed by atoms with Gasteiger partial charge in [-0.2, -0.15) is 0 Å². The highest BCUT2D eigenvalue weighted by molar-refractivity contribution is 6.29. The van der Waals surface area contributed by atoms with Crippen molar-refractivity contribution in [3.8, 4) is 0 Å². The molecule has 19 heavy (non-hydrogen) atoms. The minimum atomic E-state index is -0.120. The van der Waals surface area contributed by atoms with Crippen molar-refractivity contribution in [2.75, 3.05) is 0 Å². The van der Waals surface area contributed by atoms with Crippen LogP contribution in [0.3, 0.4) is 0 Å². The van der Waals surface area contributed by atoms with Gasteiger partial charge in [0.05, 0.1) is 6.54 Å². The van der Waals surface area contributed by atoms with Crippen LogP contribution in [0.5, 0.6) is 0 Å². The van der Waals surface area contributed by atoms with E-state index in [0.29, 0.717) is 18.3 Å². The van der Waals surface area contributed by atoms with E-state index in [9.17, 15) is 4.79 Å². The minimum absolute atomic E-state index is 0.120. The third kappa shape index (κ3) is 3.24. The lowest BCUT2D eigenvalue weighted by molar-refractivity contribution is 0.700. The Labute approximate surface area is 117 Å². The van der Waals surface area contributed by atoms with E-state index in [1.807, 2.05) is 0 Å². The Kier molecular flexibility index (Phi) is 4.05. The zero-order valence-corrected chi connectivity index (χ0v) is 12.1. The summed E-state index contributed by atoms with van der Waals surface area (Å²) >= 11 is 5.76. The first-order chi connectivity index (χ1) is 8.97. The fourth-order valence-corrected chi connectivity index (χ4v) is 2.18. The zero-order chi connectivity index (χ0) is 14.0. The van der Waals surface area contributed by atoms with Crippen LogP contribution in [0.2, 0.25) is 5.15 Å². The molecule has 0 saturated carbocycles. The van der Waals surface area contributed by atoms with E-state index < -0.39 is 0 Å². The van der Waals surface area contributed by atoms with Crippen molar-refractivity contribution >= 4 is 11.6 Å². The van der Waals surface area contributed by atoms with Crippen LogP contribution in [0.1, 0.15) is 36.7 Å². The standard InChI is InChI=1S/C15H17ClN2O/c1-10(2)13-6-4-12(5-7-13)9-18-11(3)17-14(16)8-15(18)19/h4-8,10H,9H2,1-3H3. The summed E-state index contributed by atoms with van der Waals surface area (Å²) in [4.78, 5) is 16.0. The van der Waals surface area contributed by atoms with Gasteiger partial charge in [-0.05, 0) is 24.0 Å². The van der Waals surface area contributed by atoms with E-state index in [-0.39, 0.29) is 10.7 Å². The van der Waals surface area contributed by atoms with Crippen LogP contribution in [0.15, 0.2) is 35.1 Å². The molecule has 0 spiro atoms. The van der Waals surface area contributed by atoms with Crippen molar-refractivity contribution in [1.29, 1.82) is 0 Å². The number of hydrogen-bond acceptors (Lipinski definition) is 2. The quantitative estimate of drug-likeness (QED) is 0.806. The summed E-state index contributed by atoms with van der Waals surface area (Å²) in [6.07, 6.45) is 0. The maximum absolute atomic E-state index is 11.9. The molecule has 4 heteroatoms. The highest BCUT2D eigenvalue weighted by Crippen LogP contribution is 2.15. The molecule has 1 aromatic carbocycles. The Morgan fingerprint density at radius 1 is 1.26 bits per heavy atom. The lowest BCUT2D eigenvalue weighted by atomic mass is 10.0. The van der Waals surface area contributed by atoms with Gasteiger partial charge in [0.15, 0.2) is 0 Å². The molecule has 1 aromatic heterocycles. The number of hydrogen-bond donors (Lipinski definition) is 0. The lowest BCUT2D eigenvalue weighted by Crippen LogP contribution is -2.23. The predicted octanol–water partition coefficient (Wildman–Crippen LogP) is 3.38. The third-order valence-electron chi connectivity index (χ3n) is 3.15. The number of nitrogens with zero attached hydrogens (tertiary/aromatic N) is 2. The van der Waals surface area contributed by atoms with E-state index in [1.54, 1.807) is 11.5 Å². The van der Waals surface area contributed by atoms with Crippen LogP contribution in [-0.4, -0.2) is 9.55 Å². The van der Waals surface area contributed by atoms with Crippen molar-refractivity contribution in [1.82, 2.24) is 9.55 Å². The van der Waals surface area contributed by atoms with Crippen LogP contribution in [0, 0.1) is 6.92 Å². The number of rotatable bonds is 3. The van der Waals surface area contributed by atoms with Gasteiger partial charge < -0.3 is 0 Å².